The van der Waals surface area contributed by atoms with Crippen molar-refractivity contribution in [1.82, 2.24) is 10.2 Å². The molecule has 0 saturated heterocycles. The number of halogens is 1. The Bertz CT molecular complexity index is 430. The van der Waals surface area contributed by atoms with Crippen molar-refractivity contribution in [2.24, 2.45) is 5.92 Å². The highest BCUT2D eigenvalue weighted by molar-refractivity contribution is 7.92. The maximum Gasteiger partial charge on any atom is 0.234 e. The highest BCUT2D eigenvalue weighted by Crippen LogP contribution is 2.14. The monoisotopic (exact) mass is 265 g/mol. The van der Waals surface area contributed by atoms with Crippen molar-refractivity contribution in [1.29, 1.82) is 0 Å². The minimum atomic E-state index is -3.35. The molecule has 1 aromatic heterocycles. The Balaban J connectivity index is 2.73. The van der Waals surface area contributed by atoms with Gasteiger partial charge >= 0.3 is 0 Å². The fourth-order valence-corrected chi connectivity index (χ4v) is 2.96. The molecule has 0 radical (unpaired) electrons. The second-order valence-corrected chi connectivity index (χ2v) is 5.84. The van der Waals surface area contributed by atoms with Crippen molar-refractivity contribution in [3.63, 3.8) is 0 Å². The van der Waals surface area contributed by atoms with Gasteiger partial charge in [0, 0.05) is 11.4 Å². The lowest BCUT2D eigenvalue weighted by molar-refractivity contribution is 0.588. The Kier molecular flexibility index (Phi) is 4.61. The molecule has 1 aromatic rings. The zero-order valence-corrected chi connectivity index (χ0v) is 10.9. The molecule has 1 atom stereocenters. The smallest absolute Gasteiger partial charge is 0.234 e. The summed E-state index contributed by atoms with van der Waals surface area (Å²) in [6.07, 6.45) is 2.34. The third-order valence-electron chi connectivity index (χ3n) is 2.12. The molecule has 1 unspecified atom stereocenters. The number of aryl methyl sites for hydroxylation is 1. The average molecular weight is 266 g/mol. The minimum Gasteiger partial charge on any atom is -0.267 e. The summed E-state index contributed by atoms with van der Waals surface area (Å²) in [5.74, 6) is 0.708. The van der Waals surface area contributed by atoms with Crippen LogP contribution in [0.5, 0.6) is 0 Å². The van der Waals surface area contributed by atoms with E-state index in [2.05, 4.69) is 14.9 Å². The van der Waals surface area contributed by atoms with Crippen molar-refractivity contribution >= 4 is 27.4 Å². The molecule has 0 aliphatic carbocycles. The Morgan fingerprint density at radius 2 is 2.31 bits per heavy atom. The summed E-state index contributed by atoms with van der Waals surface area (Å²) < 4.78 is 25.9. The van der Waals surface area contributed by atoms with Gasteiger partial charge < -0.3 is 0 Å². The molecule has 0 spiro atoms. The Labute approximate surface area is 101 Å². The summed E-state index contributed by atoms with van der Waals surface area (Å²) in [7, 11) is -3.35. The van der Waals surface area contributed by atoms with Crippen molar-refractivity contribution in [2.45, 2.75) is 20.3 Å². The maximum absolute atomic E-state index is 11.7. The van der Waals surface area contributed by atoms with Crippen LogP contribution in [0.1, 0.15) is 19.4 Å². The summed E-state index contributed by atoms with van der Waals surface area (Å²) in [5, 5.41) is 6.43. The van der Waals surface area contributed by atoms with Crippen molar-refractivity contribution < 1.29 is 8.42 Å². The zero-order chi connectivity index (χ0) is 12.2. The van der Waals surface area contributed by atoms with Gasteiger partial charge in [-0.3, -0.25) is 9.82 Å². The number of hydrogen-bond acceptors (Lipinski definition) is 3. The molecule has 0 bridgehead atoms. The lowest BCUT2D eigenvalue weighted by atomic mass is 10.3. The second-order valence-electron chi connectivity index (χ2n) is 3.77. The number of rotatable bonds is 6. The van der Waals surface area contributed by atoms with E-state index in [1.54, 1.807) is 13.1 Å². The third-order valence-corrected chi connectivity index (χ3v) is 4.17. The normalized spacial score (nSPS) is 13.7. The van der Waals surface area contributed by atoms with E-state index in [9.17, 15) is 8.42 Å². The number of H-pyrrole nitrogens is 1. The summed E-state index contributed by atoms with van der Waals surface area (Å²) >= 11 is 5.59. The number of alkyl halides is 1. The highest BCUT2D eigenvalue weighted by atomic mass is 35.5. The van der Waals surface area contributed by atoms with E-state index in [0.717, 1.165) is 12.0 Å². The average Bonchev–Trinajstić information content (AvgIpc) is 2.63. The molecule has 0 aliphatic rings. The molecule has 2 N–H and O–H groups in total. The molecule has 16 heavy (non-hydrogen) atoms. The van der Waals surface area contributed by atoms with Gasteiger partial charge in [-0.15, -0.1) is 11.6 Å². The quantitative estimate of drug-likeness (QED) is 0.767. The van der Waals surface area contributed by atoms with Gasteiger partial charge in [0.15, 0.2) is 0 Å². The molecule has 7 heteroatoms. The summed E-state index contributed by atoms with van der Waals surface area (Å²) in [6.45, 7) is 3.73. The predicted octanol–water partition coefficient (Wildman–Crippen LogP) is 1.59. The van der Waals surface area contributed by atoms with Gasteiger partial charge in [0.25, 0.3) is 0 Å². The van der Waals surface area contributed by atoms with Gasteiger partial charge in [-0.25, -0.2) is 8.42 Å². The Morgan fingerprint density at radius 1 is 1.62 bits per heavy atom. The van der Waals surface area contributed by atoms with Crippen molar-refractivity contribution in [3.05, 3.63) is 11.8 Å². The summed E-state index contributed by atoms with van der Waals surface area (Å²) in [5.41, 5.74) is 0.849. The number of aromatic amines is 1. The molecule has 0 aromatic carbocycles. The van der Waals surface area contributed by atoms with Crippen LogP contribution in [0, 0.1) is 5.92 Å². The van der Waals surface area contributed by atoms with Crippen LogP contribution in [-0.2, 0) is 16.4 Å². The van der Waals surface area contributed by atoms with Crippen LogP contribution in [0.2, 0.25) is 0 Å². The topological polar surface area (TPSA) is 74.8 Å². The van der Waals surface area contributed by atoms with Gasteiger partial charge in [-0.05, 0) is 12.3 Å². The molecule has 0 aliphatic heterocycles. The van der Waals surface area contributed by atoms with Crippen LogP contribution < -0.4 is 4.72 Å². The number of hydrogen-bond donors (Lipinski definition) is 2. The zero-order valence-electron chi connectivity index (χ0n) is 9.33. The highest BCUT2D eigenvalue weighted by Gasteiger charge is 2.17. The van der Waals surface area contributed by atoms with E-state index < -0.39 is 10.0 Å². The Hall–Kier alpha value is -0.750. The van der Waals surface area contributed by atoms with Crippen molar-refractivity contribution in [2.75, 3.05) is 16.4 Å². The minimum absolute atomic E-state index is 0.0126. The van der Waals surface area contributed by atoms with E-state index in [-0.39, 0.29) is 11.7 Å². The number of aromatic nitrogens is 2. The van der Waals surface area contributed by atoms with Crippen LogP contribution in [-0.4, -0.2) is 30.2 Å². The fourth-order valence-electron chi connectivity index (χ4n) is 1.28. The number of nitrogens with one attached hydrogen (secondary N) is 2. The lowest BCUT2D eigenvalue weighted by Gasteiger charge is -2.10. The molecule has 92 valence electrons. The van der Waals surface area contributed by atoms with Gasteiger partial charge in [0.2, 0.25) is 10.0 Å². The molecule has 0 fully saturated rings. The number of sulfonamides is 1. The lowest BCUT2D eigenvalue weighted by Crippen LogP contribution is -2.22. The van der Waals surface area contributed by atoms with Crippen LogP contribution in [0.3, 0.4) is 0 Å². The predicted molar refractivity (Wildman–Crippen MR) is 65.3 cm³/mol. The molecular formula is C9H16ClN3O2S. The SMILES string of the molecule is CCc1cn[nH]c1NS(=O)(=O)CC(C)CCl. The molecule has 1 heterocycles. The number of nitrogens with zero attached hydrogens (tertiary/aromatic N) is 1. The molecule has 0 amide bonds. The first-order valence-electron chi connectivity index (χ1n) is 5.07. The summed E-state index contributed by atoms with van der Waals surface area (Å²) in [6, 6.07) is 0. The maximum atomic E-state index is 11.7. The van der Waals surface area contributed by atoms with E-state index in [1.165, 1.54) is 0 Å². The van der Waals surface area contributed by atoms with Gasteiger partial charge in [0.05, 0.1) is 11.9 Å². The van der Waals surface area contributed by atoms with Crippen LogP contribution >= 0.6 is 11.6 Å². The molecule has 0 saturated carbocycles. The number of anilines is 1. The fraction of sp³-hybridized carbons (Fsp3) is 0.667. The molecule has 1 rings (SSSR count). The first-order chi connectivity index (χ1) is 7.48. The Morgan fingerprint density at radius 3 is 2.88 bits per heavy atom. The second kappa shape index (κ2) is 5.54. The van der Waals surface area contributed by atoms with Crippen LogP contribution in [0.25, 0.3) is 0 Å². The van der Waals surface area contributed by atoms with Gasteiger partial charge in [0.1, 0.15) is 5.82 Å². The van der Waals surface area contributed by atoms with Gasteiger partial charge in [-0.1, -0.05) is 13.8 Å². The van der Waals surface area contributed by atoms with E-state index in [1.807, 2.05) is 6.92 Å². The molecule has 5 nitrogen and oxygen atoms in total. The first-order valence-corrected chi connectivity index (χ1v) is 7.26. The summed E-state index contributed by atoms with van der Waals surface area (Å²) in [4.78, 5) is 0. The van der Waals surface area contributed by atoms with Gasteiger partial charge in [-0.2, -0.15) is 5.10 Å². The molecular weight excluding hydrogens is 250 g/mol. The largest absolute Gasteiger partial charge is 0.267 e. The van der Waals surface area contributed by atoms with E-state index in [0.29, 0.717) is 11.7 Å². The van der Waals surface area contributed by atoms with Crippen LogP contribution in [0.4, 0.5) is 5.82 Å². The first kappa shape index (κ1) is 13.3. The standard InChI is InChI=1S/C9H16ClN3O2S/c1-3-8-5-11-12-9(8)13-16(14,15)6-7(2)4-10/h5,7H,3-4,6H2,1-2H3,(H2,11,12,13). The van der Waals surface area contributed by atoms with Crippen molar-refractivity contribution in [3.8, 4) is 0 Å². The van der Waals surface area contributed by atoms with E-state index >= 15 is 0 Å². The third kappa shape index (κ3) is 3.68. The van der Waals surface area contributed by atoms with Crippen LogP contribution in [0.15, 0.2) is 6.20 Å². The van der Waals surface area contributed by atoms with E-state index in [4.69, 9.17) is 11.6 Å².